The predicted octanol–water partition coefficient (Wildman–Crippen LogP) is -0.323. The highest BCUT2D eigenvalue weighted by molar-refractivity contribution is 4.80. The van der Waals surface area contributed by atoms with Gasteiger partial charge < -0.3 is 4.90 Å². The van der Waals surface area contributed by atoms with Crippen LogP contribution < -0.4 is 0 Å². The van der Waals surface area contributed by atoms with Crippen LogP contribution in [0.1, 0.15) is 5.82 Å². The zero-order valence-corrected chi connectivity index (χ0v) is 6.50. The van der Waals surface area contributed by atoms with Crippen molar-refractivity contribution >= 4 is 0 Å². The Kier molecular flexibility index (Phi) is 2.01. The number of nitrogens with zero attached hydrogens (tertiary/aromatic N) is 4. The number of hydrogen-bond acceptors (Lipinski definition) is 3. The van der Waals surface area contributed by atoms with Gasteiger partial charge in [-0.25, -0.2) is 4.98 Å². The molecule has 1 radical (unpaired) electrons. The second-order valence-electron chi connectivity index (χ2n) is 2.49. The third kappa shape index (κ3) is 1.54. The molecule has 0 atom stereocenters. The average molecular weight is 139 g/mol. The smallest absolute Gasteiger partial charge is 0.221 e. The molecule has 0 unspecified atom stereocenters. The van der Waals surface area contributed by atoms with E-state index in [1.807, 2.05) is 26.0 Å². The van der Waals surface area contributed by atoms with Crippen molar-refractivity contribution in [2.75, 3.05) is 14.1 Å². The first-order valence-electron chi connectivity index (χ1n) is 3.11. The molecule has 0 aromatic carbocycles. The second-order valence-corrected chi connectivity index (χ2v) is 2.49. The van der Waals surface area contributed by atoms with Crippen molar-refractivity contribution in [1.82, 2.24) is 19.7 Å². The van der Waals surface area contributed by atoms with E-state index in [1.165, 1.54) is 0 Å². The van der Waals surface area contributed by atoms with E-state index in [2.05, 4.69) is 16.4 Å². The van der Waals surface area contributed by atoms with E-state index in [4.69, 9.17) is 0 Å². The highest BCUT2D eigenvalue weighted by atomic mass is 15.3. The van der Waals surface area contributed by atoms with Crippen molar-refractivity contribution in [3.63, 3.8) is 0 Å². The summed E-state index contributed by atoms with van der Waals surface area (Å²) in [5.74, 6) is 0.935. The Balaban J connectivity index is 2.65. The molecule has 10 heavy (non-hydrogen) atoms. The molecule has 0 bridgehead atoms. The molecule has 0 fully saturated rings. The second kappa shape index (κ2) is 2.79. The minimum Gasteiger partial charge on any atom is -0.302 e. The van der Waals surface area contributed by atoms with Gasteiger partial charge in [0.2, 0.25) is 6.33 Å². The molecule has 4 heteroatoms. The van der Waals surface area contributed by atoms with Crippen molar-refractivity contribution in [3.8, 4) is 0 Å². The Morgan fingerprint density at radius 3 is 2.70 bits per heavy atom. The molecule has 0 N–H and O–H groups in total. The van der Waals surface area contributed by atoms with Crippen LogP contribution >= 0.6 is 0 Å². The SMILES string of the molecule is CN(C)Cc1n[c]nn1C. The quantitative estimate of drug-likeness (QED) is 0.563. The van der Waals surface area contributed by atoms with Crippen LogP contribution in [0.15, 0.2) is 0 Å². The van der Waals surface area contributed by atoms with Gasteiger partial charge in [-0.3, -0.25) is 4.68 Å². The van der Waals surface area contributed by atoms with Gasteiger partial charge in [0.15, 0.2) is 0 Å². The molecule has 55 valence electrons. The standard InChI is InChI=1S/C6H11N4/c1-9(2)4-6-7-5-8-10(6)3/h4H2,1-3H3. The third-order valence-electron chi connectivity index (χ3n) is 1.20. The summed E-state index contributed by atoms with van der Waals surface area (Å²) in [4.78, 5) is 5.98. The lowest BCUT2D eigenvalue weighted by molar-refractivity contribution is 0.381. The van der Waals surface area contributed by atoms with Gasteiger partial charge in [-0.1, -0.05) is 0 Å². The summed E-state index contributed by atoms with van der Waals surface area (Å²) in [6, 6.07) is 0. The zero-order valence-electron chi connectivity index (χ0n) is 6.50. The van der Waals surface area contributed by atoms with Gasteiger partial charge in [0.05, 0.1) is 6.54 Å². The average Bonchev–Trinajstić information content (AvgIpc) is 2.15. The largest absolute Gasteiger partial charge is 0.302 e. The number of aryl methyl sites for hydroxylation is 1. The van der Waals surface area contributed by atoms with Crippen molar-refractivity contribution in [2.45, 2.75) is 6.54 Å². The Labute approximate surface area is 60.5 Å². The Morgan fingerprint density at radius 2 is 2.30 bits per heavy atom. The van der Waals surface area contributed by atoms with E-state index in [1.54, 1.807) is 4.68 Å². The van der Waals surface area contributed by atoms with Crippen LogP contribution in [0.5, 0.6) is 0 Å². The molecule has 1 aromatic rings. The lowest BCUT2D eigenvalue weighted by Crippen LogP contribution is -2.14. The van der Waals surface area contributed by atoms with Crippen molar-refractivity contribution in [2.24, 2.45) is 7.05 Å². The summed E-state index contributed by atoms with van der Waals surface area (Å²) in [5.41, 5.74) is 0. The molecule has 1 rings (SSSR count). The normalized spacial score (nSPS) is 10.8. The summed E-state index contributed by atoms with van der Waals surface area (Å²) >= 11 is 0. The van der Waals surface area contributed by atoms with Crippen molar-refractivity contribution < 1.29 is 0 Å². The summed E-state index contributed by atoms with van der Waals surface area (Å²) < 4.78 is 1.72. The van der Waals surface area contributed by atoms with Gasteiger partial charge in [-0.15, -0.1) is 5.10 Å². The third-order valence-corrected chi connectivity index (χ3v) is 1.20. The maximum Gasteiger partial charge on any atom is 0.221 e. The van der Waals surface area contributed by atoms with Crippen LogP contribution in [0.4, 0.5) is 0 Å². The van der Waals surface area contributed by atoms with Crippen molar-refractivity contribution in [1.29, 1.82) is 0 Å². The molecule has 4 nitrogen and oxygen atoms in total. The highest BCUT2D eigenvalue weighted by Crippen LogP contribution is 1.92. The van der Waals surface area contributed by atoms with Gasteiger partial charge in [0.1, 0.15) is 5.82 Å². The summed E-state index contributed by atoms with van der Waals surface area (Å²) in [5, 5.41) is 3.82. The van der Waals surface area contributed by atoms with Crippen LogP contribution in [0.2, 0.25) is 0 Å². The molecule has 0 aliphatic heterocycles. The van der Waals surface area contributed by atoms with Gasteiger partial charge in [0, 0.05) is 7.05 Å². The molecule has 0 aliphatic rings. The lowest BCUT2D eigenvalue weighted by atomic mass is 10.5. The van der Waals surface area contributed by atoms with Crippen LogP contribution in [0.25, 0.3) is 0 Å². The minimum atomic E-state index is 0.812. The zero-order chi connectivity index (χ0) is 7.56. The Bertz CT molecular complexity index is 203. The van der Waals surface area contributed by atoms with Gasteiger partial charge in [-0.2, -0.15) is 0 Å². The van der Waals surface area contributed by atoms with Crippen LogP contribution in [-0.4, -0.2) is 33.8 Å². The first kappa shape index (κ1) is 7.21. The van der Waals surface area contributed by atoms with E-state index in [-0.39, 0.29) is 0 Å². The first-order chi connectivity index (χ1) is 4.70. The molecular formula is C6H11N4. The van der Waals surface area contributed by atoms with Gasteiger partial charge >= 0.3 is 0 Å². The Morgan fingerprint density at radius 1 is 1.60 bits per heavy atom. The lowest BCUT2D eigenvalue weighted by Gasteiger charge is -2.06. The fourth-order valence-electron chi connectivity index (χ4n) is 0.698. The van der Waals surface area contributed by atoms with E-state index in [9.17, 15) is 0 Å². The topological polar surface area (TPSA) is 34.0 Å². The minimum absolute atomic E-state index is 0.812. The van der Waals surface area contributed by atoms with Crippen molar-refractivity contribution in [3.05, 3.63) is 12.2 Å². The molecule has 0 aliphatic carbocycles. The Hall–Kier alpha value is -0.900. The highest BCUT2D eigenvalue weighted by Gasteiger charge is 2.00. The van der Waals surface area contributed by atoms with E-state index < -0.39 is 0 Å². The number of aromatic nitrogens is 3. The summed E-state index contributed by atoms with van der Waals surface area (Å²) in [6.45, 7) is 0.812. The number of rotatable bonds is 2. The fraction of sp³-hybridized carbons (Fsp3) is 0.667. The number of hydrogen-bond donors (Lipinski definition) is 0. The van der Waals surface area contributed by atoms with Gasteiger partial charge in [0.25, 0.3) is 0 Å². The van der Waals surface area contributed by atoms with E-state index in [0.29, 0.717) is 0 Å². The molecule has 1 heterocycles. The maximum absolute atomic E-state index is 3.94. The molecule has 0 saturated carbocycles. The molecule has 0 saturated heterocycles. The molecule has 0 spiro atoms. The predicted molar refractivity (Wildman–Crippen MR) is 37.2 cm³/mol. The van der Waals surface area contributed by atoms with E-state index in [0.717, 1.165) is 12.4 Å². The van der Waals surface area contributed by atoms with Crippen LogP contribution in [0, 0.1) is 6.33 Å². The monoisotopic (exact) mass is 139 g/mol. The molecule has 1 aromatic heterocycles. The summed E-state index contributed by atoms with van der Waals surface area (Å²) in [7, 11) is 5.85. The van der Waals surface area contributed by atoms with Crippen LogP contribution in [0.3, 0.4) is 0 Å². The maximum atomic E-state index is 3.94. The van der Waals surface area contributed by atoms with E-state index >= 15 is 0 Å². The summed E-state index contributed by atoms with van der Waals surface area (Å²) in [6.07, 6.45) is 2.54. The first-order valence-corrected chi connectivity index (χ1v) is 3.11. The van der Waals surface area contributed by atoms with Gasteiger partial charge in [-0.05, 0) is 14.1 Å². The fourth-order valence-corrected chi connectivity index (χ4v) is 0.698. The van der Waals surface area contributed by atoms with Crippen LogP contribution in [-0.2, 0) is 13.6 Å². The molecule has 0 amide bonds. The molecular weight excluding hydrogens is 128 g/mol.